The van der Waals surface area contributed by atoms with Crippen molar-refractivity contribution in [3.8, 4) is 11.3 Å². The van der Waals surface area contributed by atoms with Gasteiger partial charge in [-0.3, -0.25) is 4.79 Å². The van der Waals surface area contributed by atoms with E-state index in [0.717, 1.165) is 29.9 Å². The quantitative estimate of drug-likeness (QED) is 0.720. The Morgan fingerprint density at radius 2 is 1.90 bits per heavy atom. The smallest absolute Gasteiger partial charge is 0.407 e. The average Bonchev–Trinajstić information content (AvgIpc) is 3.39. The second kappa shape index (κ2) is 9.12. The summed E-state index contributed by atoms with van der Waals surface area (Å²) >= 11 is 0. The van der Waals surface area contributed by atoms with Crippen molar-refractivity contribution in [3.05, 3.63) is 41.9 Å². The molecule has 2 fully saturated rings. The lowest BCUT2D eigenvalue weighted by atomic mass is 9.80. The van der Waals surface area contributed by atoms with E-state index in [1.807, 2.05) is 24.9 Å². The maximum atomic E-state index is 13.2. The van der Waals surface area contributed by atoms with E-state index < -0.39 is 12.1 Å². The lowest BCUT2D eigenvalue weighted by Gasteiger charge is -2.29. The molecule has 2 aliphatic rings. The molecule has 31 heavy (non-hydrogen) atoms. The second-order valence-corrected chi connectivity index (χ2v) is 8.97. The Labute approximate surface area is 183 Å². The summed E-state index contributed by atoms with van der Waals surface area (Å²) in [5, 5.41) is 2.69. The first kappa shape index (κ1) is 21.4. The molecular weight excluding hydrogens is 392 g/mol. The molecule has 7 nitrogen and oxygen atoms in total. The second-order valence-electron chi connectivity index (χ2n) is 8.97. The molecule has 1 saturated heterocycles. The van der Waals surface area contributed by atoms with Gasteiger partial charge in [-0.1, -0.05) is 44.5 Å². The molecule has 2 N–H and O–H groups in total. The number of nitrogens with one attached hydrogen (secondary N) is 2. The largest absolute Gasteiger partial charge is 0.453 e. The van der Waals surface area contributed by atoms with Gasteiger partial charge in [-0.2, -0.15) is 0 Å². The summed E-state index contributed by atoms with van der Waals surface area (Å²) < 4.78 is 4.70. The molecule has 2 amide bonds. The number of benzene rings is 1. The Kier molecular flexibility index (Phi) is 6.30. The molecule has 2 aromatic rings. The van der Waals surface area contributed by atoms with Gasteiger partial charge in [0.15, 0.2) is 0 Å². The van der Waals surface area contributed by atoms with E-state index in [0.29, 0.717) is 12.5 Å². The van der Waals surface area contributed by atoms with Crippen LogP contribution < -0.4 is 5.32 Å². The molecular formula is C24H32N4O3. The zero-order valence-corrected chi connectivity index (χ0v) is 18.6. The molecule has 0 spiro atoms. The lowest BCUT2D eigenvalue weighted by molar-refractivity contribution is -0.135. The van der Waals surface area contributed by atoms with Crippen LogP contribution in [0.5, 0.6) is 0 Å². The van der Waals surface area contributed by atoms with Crippen LogP contribution in [-0.2, 0) is 9.53 Å². The predicted molar refractivity (Wildman–Crippen MR) is 118 cm³/mol. The summed E-state index contributed by atoms with van der Waals surface area (Å²) in [5.41, 5.74) is 3.38. The molecule has 1 aliphatic heterocycles. The van der Waals surface area contributed by atoms with Crippen LogP contribution in [-0.4, -0.2) is 46.6 Å². The number of ether oxygens (including phenoxy) is 1. The number of hydrogen-bond donors (Lipinski definition) is 2. The number of amides is 2. The average molecular weight is 425 g/mol. The van der Waals surface area contributed by atoms with Crippen molar-refractivity contribution in [1.29, 1.82) is 0 Å². The van der Waals surface area contributed by atoms with Gasteiger partial charge < -0.3 is 19.9 Å². The Balaban J connectivity index is 1.49. The van der Waals surface area contributed by atoms with Crippen LogP contribution in [0, 0.1) is 5.92 Å². The van der Waals surface area contributed by atoms with Crippen LogP contribution in [0.4, 0.5) is 4.79 Å². The van der Waals surface area contributed by atoms with Gasteiger partial charge in [-0.15, -0.1) is 0 Å². The Hall–Kier alpha value is -2.83. The van der Waals surface area contributed by atoms with Crippen LogP contribution in [0.25, 0.3) is 11.3 Å². The third kappa shape index (κ3) is 4.45. The van der Waals surface area contributed by atoms with E-state index in [4.69, 9.17) is 9.72 Å². The van der Waals surface area contributed by atoms with Crippen LogP contribution in [0.1, 0.15) is 69.3 Å². The maximum absolute atomic E-state index is 13.2. The van der Waals surface area contributed by atoms with Gasteiger partial charge >= 0.3 is 6.09 Å². The van der Waals surface area contributed by atoms with E-state index in [9.17, 15) is 9.59 Å². The first-order valence-corrected chi connectivity index (χ1v) is 11.3. The van der Waals surface area contributed by atoms with Gasteiger partial charge in [0.2, 0.25) is 5.91 Å². The van der Waals surface area contributed by atoms with Gasteiger partial charge in [0, 0.05) is 18.3 Å². The molecule has 1 saturated carbocycles. The number of imidazole rings is 1. The highest BCUT2D eigenvalue weighted by atomic mass is 16.5. The summed E-state index contributed by atoms with van der Waals surface area (Å²) in [6, 6.07) is 7.97. The summed E-state index contributed by atoms with van der Waals surface area (Å²) in [7, 11) is 1.30. The van der Waals surface area contributed by atoms with E-state index in [1.54, 1.807) is 0 Å². The molecule has 166 valence electrons. The highest BCUT2D eigenvalue weighted by Gasteiger charge is 2.37. The normalized spacial score (nSPS) is 19.9. The van der Waals surface area contributed by atoms with Crippen molar-refractivity contribution < 1.29 is 14.3 Å². The molecule has 7 heteroatoms. The van der Waals surface area contributed by atoms with Crippen molar-refractivity contribution in [1.82, 2.24) is 20.2 Å². The maximum Gasteiger partial charge on any atom is 0.407 e. The third-order valence-electron chi connectivity index (χ3n) is 6.62. The van der Waals surface area contributed by atoms with E-state index in [1.165, 1.54) is 31.9 Å². The van der Waals surface area contributed by atoms with Gasteiger partial charge in [-0.25, -0.2) is 9.78 Å². The fraction of sp³-hybridized carbons (Fsp3) is 0.542. The molecule has 2 atom stereocenters. The van der Waals surface area contributed by atoms with E-state index in [2.05, 4.69) is 34.6 Å². The molecule has 2 heterocycles. The van der Waals surface area contributed by atoms with Crippen molar-refractivity contribution in [2.45, 2.75) is 64.0 Å². The van der Waals surface area contributed by atoms with Gasteiger partial charge in [0.25, 0.3) is 0 Å². The molecule has 4 rings (SSSR count). The standard InChI is InChI=1S/C24H32N4O3/c1-15(2)21(27-24(30)31-3)23(29)28-13-5-8-20(28)22-25-14-19(26-22)18-11-9-17(10-12-18)16-6-4-7-16/h9-12,14-16,20-21H,4-8,13H2,1-3H3,(H,25,26)(H,27,30)/t20-,21-/m0/s1. The molecule has 0 bridgehead atoms. The number of aromatic amines is 1. The zero-order valence-electron chi connectivity index (χ0n) is 18.6. The SMILES string of the molecule is COC(=O)N[C@H](C(=O)N1CCC[C@H]1c1nc(-c2ccc(C3CCC3)cc2)c[nH]1)C(C)C. The predicted octanol–water partition coefficient (Wildman–Crippen LogP) is 4.39. The highest BCUT2D eigenvalue weighted by Crippen LogP contribution is 2.37. The molecule has 0 radical (unpaired) electrons. The molecule has 0 unspecified atom stereocenters. The van der Waals surface area contributed by atoms with E-state index >= 15 is 0 Å². The van der Waals surface area contributed by atoms with Crippen molar-refractivity contribution in [2.75, 3.05) is 13.7 Å². The fourth-order valence-electron chi connectivity index (χ4n) is 4.52. The molecule has 1 aromatic heterocycles. The van der Waals surface area contributed by atoms with Crippen molar-refractivity contribution in [3.63, 3.8) is 0 Å². The Bertz CT molecular complexity index is 917. The Morgan fingerprint density at radius 1 is 1.16 bits per heavy atom. The van der Waals surface area contributed by atoms with Crippen LogP contribution >= 0.6 is 0 Å². The topological polar surface area (TPSA) is 87.3 Å². The number of nitrogens with zero attached hydrogens (tertiary/aromatic N) is 2. The summed E-state index contributed by atoms with van der Waals surface area (Å²) in [5.74, 6) is 1.37. The lowest BCUT2D eigenvalue weighted by Crippen LogP contribution is -2.51. The van der Waals surface area contributed by atoms with Crippen LogP contribution in [0.3, 0.4) is 0 Å². The number of carbonyl (C=O) groups excluding carboxylic acids is 2. The number of aromatic nitrogens is 2. The van der Waals surface area contributed by atoms with E-state index in [-0.39, 0.29) is 17.9 Å². The number of H-pyrrole nitrogens is 1. The monoisotopic (exact) mass is 424 g/mol. The molecule has 1 aliphatic carbocycles. The number of rotatable bonds is 6. The van der Waals surface area contributed by atoms with Gasteiger partial charge in [0.05, 0.1) is 18.8 Å². The summed E-state index contributed by atoms with van der Waals surface area (Å²) in [4.78, 5) is 34.9. The molecule has 1 aromatic carbocycles. The third-order valence-corrected chi connectivity index (χ3v) is 6.62. The minimum absolute atomic E-state index is 0.0470. The number of likely N-dealkylation sites (tertiary alicyclic amines) is 1. The van der Waals surface area contributed by atoms with Crippen LogP contribution in [0.15, 0.2) is 30.5 Å². The Morgan fingerprint density at radius 3 is 2.52 bits per heavy atom. The first-order chi connectivity index (χ1) is 15.0. The number of carbonyl (C=O) groups is 2. The number of methoxy groups -OCH3 is 1. The zero-order chi connectivity index (χ0) is 22.0. The number of hydrogen-bond acceptors (Lipinski definition) is 4. The van der Waals surface area contributed by atoms with Crippen molar-refractivity contribution >= 4 is 12.0 Å². The number of alkyl carbamates (subject to hydrolysis) is 1. The van der Waals surface area contributed by atoms with Crippen LogP contribution in [0.2, 0.25) is 0 Å². The summed E-state index contributed by atoms with van der Waals surface area (Å²) in [6.45, 7) is 4.49. The minimum Gasteiger partial charge on any atom is -0.453 e. The highest BCUT2D eigenvalue weighted by molar-refractivity contribution is 5.86. The fourth-order valence-corrected chi connectivity index (χ4v) is 4.52. The minimum atomic E-state index is -0.624. The van der Waals surface area contributed by atoms with Gasteiger partial charge in [-0.05, 0) is 43.1 Å². The summed E-state index contributed by atoms with van der Waals surface area (Å²) in [6.07, 6.45) is 7.00. The van der Waals surface area contributed by atoms with Crippen molar-refractivity contribution in [2.24, 2.45) is 5.92 Å². The first-order valence-electron chi connectivity index (χ1n) is 11.3. The van der Waals surface area contributed by atoms with Gasteiger partial charge in [0.1, 0.15) is 11.9 Å².